The number of phenolic OH excluding ortho intramolecular Hbond substituents is 1. The number of phenols is 1. The molecule has 1 fully saturated rings. The summed E-state index contributed by atoms with van der Waals surface area (Å²) in [5.74, 6) is -6.99. The predicted molar refractivity (Wildman–Crippen MR) is 127 cm³/mol. The maximum absolute atomic E-state index is 13.8. The SMILES string of the molecule is CC(C)Nc1cc(N)c(O)c2c1CC1CC3[C@H](N(C)C)C(=O)C(C(N)=O)=C(O)C3(O)C(=O)C1=C2O. The fourth-order valence-electron chi connectivity index (χ4n) is 5.77. The molecule has 1 aromatic carbocycles. The van der Waals surface area contributed by atoms with Gasteiger partial charge in [-0.1, -0.05) is 0 Å². The Morgan fingerprint density at radius 3 is 2.40 bits per heavy atom. The number of benzene rings is 1. The number of carbonyl (C=O) groups is 3. The Kier molecular flexibility index (Phi) is 5.61. The first kappa shape index (κ1) is 24.6. The van der Waals surface area contributed by atoms with E-state index < -0.39 is 63.8 Å². The number of aromatic hydroxyl groups is 1. The van der Waals surface area contributed by atoms with Crippen LogP contribution in [0.1, 0.15) is 31.4 Å². The number of nitrogens with one attached hydrogen (secondary N) is 1. The quantitative estimate of drug-likeness (QED) is 0.135. The molecule has 0 aliphatic heterocycles. The van der Waals surface area contributed by atoms with Crippen molar-refractivity contribution in [3.8, 4) is 5.75 Å². The van der Waals surface area contributed by atoms with Crippen LogP contribution in [-0.4, -0.2) is 74.6 Å². The number of nitrogen functional groups attached to an aromatic ring is 1. The number of fused-ring (bicyclic) bond motifs is 3. The Labute approximate surface area is 201 Å². The van der Waals surface area contributed by atoms with Crippen molar-refractivity contribution in [2.24, 2.45) is 17.6 Å². The summed E-state index contributed by atoms with van der Waals surface area (Å²) in [6.07, 6.45) is 0.218. The molecule has 35 heavy (non-hydrogen) atoms. The van der Waals surface area contributed by atoms with Crippen molar-refractivity contribution in [3.63, 3.8) is 0 Å². The van der Waals surface area contributed by atoms with Gasteiger partial charge >= 0.3 is 0 Å². The minimum atomic E-state index is -2.67. The van der Waals surface area contributed by atoms with Gasteiger partial charge in [-0.3, -0.25) is 19.3 Å². The van der Waals surface area contributed by atoms with E-state index in [0.29, 0.717) is 11.3 Å². The number of Topliss-reactive ketones (excluding diaryl/α,β-unsaturated/α-hetero) is 2. The van der Waals surface area contributed by atoms with E-state index in [1.54, 1.807) is 20.2 Å². The minimum Gasteiger partial charge on any atom is -0.508 e. The van der Waals surface area contributed by atoms with Crippen molar-refractivity contribution >= 4 is 34.6 Å². The second-order valence-corrected chi connectivity index (χ2v) is 9.98. The Balaban J connectivity index is 1.98. The summed E-state index contributed by atoms with van der Waals surface area (Å²) >= 11 is 0. The standard InChI is InChI=1S/C24H30N4O7/c1-8(2)27-13-7-12(25)18(29)15-10(13)5-9-6-11-17(28(3)4)20(31)16(23(26)34)22(33)24(11,35)21(32)14(9)19(15)30/h7-9,11,17,27,29-30,33,35H,5-6,25H2,1-4H3,(H2,26,34)/t9?,11?,17-,24?/m0/s1. The number of hydrogen-bond acceptors (Lipinski definition) is 10. The van der Waals surface area contributed by atoms with Gasteiger partial charge < -0.3 is 37.2 Å². The summed E-state index contributed by atoms with van der Waals surface area (Å²) in [6.45, 7) is 3.81. The lowest BCUT2D eigenvalue weighted by atomic mass is 9.57. The summed E-state index contributed by atoms with van der Waals surface area (Å²) in [5.41, 5.74) is 8.60. The normalized spacial score (nSPS) is 28.3. The largest absolute Gasteiger partial charge is 0.508 e. The molecule has 188 valence electrons. The third kappa shape index (κ3) is 3.29. The molecule has 4 rings (SSSR count). The number of nitrogens with two attached hydrogens (primary N) is 2. The second-order valence-electron chi connectivity index (χ2n) is 9.98. The minimum absolute atomic E-state index is 0.00275. The molecule has 1 saturated carbocycles. The van der Waals surface area contributed by atoms with Gasteiger partial charge in [0, 0.05) is 23.2 Å². The van der Waals surface area contributed by atoms with Crippen molar-refractivity contribution < 1.29 is 34.8 Å². The van der Waals surface area contributed by atoms with Crippen molar-refractivity contribution in [2.75, 3.05) is 25.1 Å². The number of nitrogens with zero attached hydrogens (tertiary/aromatic N) is 1. The van der Waals surface area contributed by atoms with Crippen LogP contribution in [0.3, 0.4) is 0 Å². The molecular formula is C24H30N4O7. The van der Waals surface area contributed by atoms with Crippen LogP contribution in [0.15, 0.2) is 23.0 Å². The molecule has 9 N–H and O–H groups in total. The van der Waals surface area contributed by atoms with E-state index in [1.807, 2.05) is 13.8 Å². The summed E-state index contributed by atoms with van der Waals surface area (Å²) in [7, 11) is 3.11. The van der Waals surface area contributed by atoms with Gasteiger partial charge in [-0.25, -0.2) is 0 Å². The van der Waals surface area contributed by atoms with Crippen molar-refractivity contribution in [2.45, 2.75) is 44.4 Å². The number of rotatable bonds is 4. The van der Waals surface area contributed by atoms with Crippen LogP contribution < -0.4 is 16.8 Å². The molecule has 11 heteroatoms. The van der Waals surface area contributed by atoms with Crippen LogP contribution in [0.5, 0.6) is 5.75 Å². The fraction of sp³-hybridized carbons (Fsp3) is 0.458. The lowest BCUT2D eigenvalue weighted by molar-refractivity contribution is -0.153. The smallest absolute Gasteiger partial charge is 0.255 e. The Bertz CT molecular complexity index is 1230. The second kappa shape index (κ2) is 7.99. The molecule has 1 amide bonds. The molecule has 0 spiro atoms. The zero-order valence-corrected chi connectivity index (χ0v) is 19.9. The topological polar surface area (TPSA) is 199 Å². The van der Waals surface area contributed by atoms with E-state index in [0.717, 1.165) is 0 Å². The average molecular weight is 487 g/mol. The summed E-state index contributed by atoms with van der Waals surface area (Å²) in [5, 5.41) is 47.6. The zero-order chi connectivity index (χ0) is 26.1. The summed E-state index contributed by atoms with van der Waals surface area (Å²) < 4.78 is 0. The highest BCUT2D eigenvalue weighted by Crippen LogP contribution is 2.54. The molecule has 3 aliphatic carbocycles. The first-order valence-electron chi connectivity index (χ1n) is 11.3. The third-order valence-corrected chi connectivity index (χ3v) is 7.19. The van der Waals surface area contributed by atoms with Crippen LogP contribution in [0, 0.1) is 11.8 Å². The molecule has 1 aromatic rings. The van der Waals surface area contributed by atoms with E-state index in [9.17, 15) is 34.8 Å². The third-order valence-electron chi connectivity index (χ3n) is 7.19. The number of likely N-dealkylation sites (N-methyl/N-ethyl adjacent to an activating group) is 1. The van der Waals surface area contributed by atoms with Crippen LogP contribution in [0.4, 0.5) is 11.4 Å². The number of carbonyl (C=O) groups excluding carboxylic acids is 3. The van der Waals surface area contributed by atoms with Gasteiger partial charge in [-0.05, 0) is 58.3 Å². The maximum atomic E-state index is 13.8. The summed E-state index contributed by atoms with van der Waals surface area (Å²) in [4.78, 5) is 40.4. The highest BCUT2D eigenvalue weighted by Gasteiger charge is 2.64. The molecule has 11 nitrogen and oxygen atoms in total. The van der Waals surface area contributed by atoms with E-state index in [-0.39, 0.29) is 35.7 Å². The van der Waals surface area contributed by atoms with Crippen molar-refractivity contribution in [1.29, 1.82) is 0 Å². The molecular weight excluding hydrogens is 456 g/mol. The van der Waals surface area contributed by atoms with E-state index in [2.05, 4.69) is 5.32 Å². The van der Waals surface area contributed by atoms with Crippen LogP contribution in [-0.2, 0) is 20.8 Å². The number of hydrogen-bond donors (Lipinski definition) is 7. The van der Waals surface area contributed by atoms with Gasteiger partial charge in [0.25, 0.3) is 5.91 Å². The lowest BCUT2D eigenvalue weighted by Gasteiger charge is -2.50. The lowest BCUT2D eigenvalue weighted by Crippen LogP contribution is -2.65. The Hall–Kier alpha value is -3.57. The predicted octanol–water partition coefficient (Wildman–Crippen LogP) is 0.367. The monoisotopic (exact) mass is 486 g/mol. The molecule has 0 heterocycles. The zero-order valence-electron chi connectivity index (χ0n) is 19.9. The number of ketones is 2. The number of aliphatic hydroxyl groups excluding tert-OH is 2. The Morgan fingerprint density at radius 1 is 1.23 bits per heavy atom. The van der Waals surface area contributed by atoms with Gasteiger partial charge in [-0.2, -0.15) is 0 Å². The highest BCUT2D eigenvalue weighted by molar-refractivity contribution is 6.24. The van der Waals surface area contributed by atoms with E-state index >= 15 is 0 Å². The van der Waals surface area contributed by atoms with Gasteiger partial charge in [0.05, 0.1) is 17.3 Å². The molecule has 3 aliphatic rings. The van der Waals surface area contributed by atoms with Crippen LogP contribution >= 0.6 is 0 Å². The van der Waals surface area contributed by atoms with Gasteiger partial charge in [0.15, 0.2) is 11.4 Å². The van der Waals surface area contributed by atoms with Crippen molar-refractivity contribution in [3.05, 3.63) is 34.1 Å². The fourth-order valence-corrected chi connectivity index (χ4v) is 5.77. The van der Waals surface area contributed by atoms with E-state index in [4.69, 9.17) is 11.5 Å². The first-order chi connectivity index (χ1) is 16.2. The first-order valence-corrected chi connectivity index (χ1v) is 11.3. The number of aliphatic hydroxyl groups is 3. The molecule has 4 atom stereocenters. The van der Waals surface area contributed by atoms with Crippen LogP contribution in [0.2, 0.25) is 0 Å². The summed E-state index contributed by atoms with van der Waals surface area (Å²) in [6, 6.07) is 0.422. The molecule has 0 radical (unpaired) electrons. The highest BCUT2D eigenvalue weighted by atomic mass is 16.3. The van der Waals surface area contributed by atoms with Gasteiger partial charge in [-0.15, -0.1) is 0 Å². The Morgan fingerprint density at radius 2 is 1.86 bits per heavy atom. The molecule has 3 unspecified atom stereocenters. The molecule has 0 bridgehead atoms. The average Bonchev–Trinajstić information content (AvgIpc) is 2.73. The van der Waals surface area contributed by atoms with Gasteiger partial charge in [0.1, 0.15) is 22.8 Å². The van der Waals surface area contributed by atoms with Gasteiger partial charge in [0.2, 0.25) is 5.78 Å². The number of anilines is 2. The van der Waals surface area contributed by atoms with Crippen LogP contribution in [0.25, 0.3) is 5.76 Å². The van der Waals surface area contributed by atoms with Crippen molar-refractivity contribution in [1.82, 2.24) is 4.90 Å². The maximum Gasteiger partial charge on any atom is 0.255 e. The number of amides is 1. The molecule has 0 aromatic heterocycles. The van der Waals surface area contributed by atoms with E-state index in [1.165, 1.54) is 4.90 Å². The number of primary amides is 1. The molecule has 0 saturated heterocycles.